The van der Waals surface area contributed by atoms with E-state index < -0.39 is 41.2 Å². The van der Waals surface area contributed by atoms with Crippen LogP contribution in [-0.2, 0) is 4.79 Å². The fourth-order valence-corrected chi connectivity index (χ4v) is 6.86. The highest BCUT2D eigenvalue weighted by Gasteiger charge is 2.66. The minimum absolute atomic E-state index is 0.0958. The van der Waals surface area contributed by atoms with E-state index >= 15 is 0 Å². The molecule has 2 N–H and O–H groups in total. The molecule has 0 saturated carbocycles. The molecule has 4 atom stereocenters. The van der Waals surface area contributed by atoms with E-state index in [1.54, 1.807) is 67.6 Å². The highest BCUT2D eigenvalue weighted by atomic mass is 32.1. The van der Waals surface area contributed by atoms with Crippen LogP contribution in [0.5, 0.6) is 0 Å². The lowest BCUT2D eigenvalue weighted by Gasteiger charge is -2.37. The number of Topliss-reactive ketones (excluding diaryl/α,β-unsaturated/α-hetero) is 1. The molecule has 4 unspecified atom stereocenters. The largest absolute Gasteiger partial charge is 0.479 e. The molecule has 0 aliphatic carbocycles. The van der Waals surface area contributed by atoms with Crippen molar-refractivity contribution in [3.8, 4) is 6.07 Å². The van der Waals surface area contributed by atoms with Crippen molar-refractivity contribution in [1.82, 2.24) is 4.90 Å². The van der Waals surface area contributed by atoms with Gasteiger partial charge in [0.05, 0.1) is 23.6 Å². The summed E-state index contributed by atoms with van der Waals surface area (Å²) in [5.74, 6) is -2.90. The smallest absolute Gasteiger partial charge is 0.330 e. The SMILES string of the molecule is Cc1ccc(C(=O)C2C(c3ccc(C#N)cc3)N(C(=O)Nc3ccccc3)C(C)(C(=O)O)C2c2sccc2C)o1. The maximum atomic E-state index is 14.3. The van der Waals surface area contributed by atoms with Crippen LogP contribution in [0.2, 0.25) is 0 Å². The van der Waals surface area contributed by atoms with Crippen molar-refractivity contribution in [2.75, 3.05) is 5.32 Å². The summed E-state index contributed by atoms with van der Waals surface area (Å²) in [6.45, 7) is 5.10. The third kappa shape index (κ3) is 4.46. The average Bonchev–Trinajstić information content (AvgIpc) is 3.64. The summed E-state index contributed by atoms with van der Waals surface area (Å²) in [7, 11) is 0. The third-order valence-corrected chi connectivity index (χ3v) is 8.71. The number of ketones is 1. The second-order valence-electron chi connectivity index (χ2n) is 10.0. The summed E-state index contributed by atoms with van der Waals surface area (Å²) < 4.78 is 5.74. The van der Waals surface area contributed by atoms with Crippen LogP contribution in [0, 0.1) is 31.1 Å². The number of carbonyl (C=O) groups is 3. The van der Waals surface area contributed by atoms with Crippen LogP contribution in [0.25, 0.3) is 0 Å². The lowest BCUT2D eigenvalue weighted by Crippen LogP contribution is -2.55. The van der Waals surface area contributed by atoms with Crippen molar-refractivity contribution >= 4 is 34.8 Å². The van der Waals surface area contributed by atoms with Crippen LogP contribution < -0.4 is 5.32 Å². The number of rotatable bonds is 6. The van der Waals surface area contributed by atoms with Gasteiger partial charge in [-0.15, -0.1) is 11.3 Å². The number of carboxylic acid groups (broad SMARTS) is 1. The zero-order valence-electron chi connectivity index (χ0n) is 22.1. The monoisotopic (exact) mass is 553 g/mol. The van der Waals surface area contributed by atoms with E-state index in [0.29, 0.717) is 27.5 Å². The molecule has 8 nitrogen and oxygen atoms in total. The van der Waals surface area contributed by atoms with Gasteiger partial charge in [-0.05, 0) is 79.7 Å². The molecular formula is C31H27N3O5S. The summed E-state index contributed by atoms with van der Waals surface area (Å²) in [6.07, 6.45) is 0. The van der Waals surface area contributed by atoms with E-state index in [1.807, 2.05) is 24.4 Å². The number of nitrogens with one attached hydrogen (secondary N) is 1. The number of hydrogen-bond acceptors (Lipinski definition) is 6. The number of aliphatic carboxylic acids is 1. The van der Waals surface area contributed by atoms with Gasteiger partial charge in [0, 0.05) is 16.5 Å². The minimum atomic E-state index is -1.82. The Kier molecular flexibility index (Phi) is 7.04. The molecule has 1 saturated heterocycles. The predicted molar refractivity (Wildman–Crippen MR) is 150 cm³/mol. The Morgan fingerprint density at radius 2 is 1.73 bits per heavy atom. The Bertz CT molecular complexity index is 1620. The van der Waals surface area contributed by atoms with E-state index in [1.165, 1.54) is 23.2 Å². The van der Waals surface area contributed by atoms with Gasteiger partial charge < -0.3 is 14.8 Å². The van der Waals surface area contributed by atoms with Gasteiger partial charge in [0.1, 0.15) is 11.3 Å². The van der Waals surface area contributed by atoms with Gasteiger partial charge in [-0.1, -0.05) is 30.3 Å². The predicted octanol–water partition coefficient (Wildman–Crippen LogP) is 6.54. The van der Waals surface area contributed by atoms with E-state index in [9.17, 15) is 24.8 Å². The van der Waals surface area contributed by atoms with E-state index in [4.69, 9.17) is 4.42 Å². The second-order valence-corrected chi connectivity index (χ2v) is 11.0. The quantitative estimate of drug-likeness (QED) is 0.261. The lowest BCUT2D eigenvalue weighted by atomic mass is 9.74. The number of para-hydroxylation sites is 1. The van der Waals surface area contributed by atoms with Gasteiger partial charge in [0.25, 0.3) is 0 Å². The number of aryl methyl sites for hydroxylation is 2. The Labute approximate surface area is 235 Å². The van der Waals surface area contributed by atoms with Crippen molar-refractivity contribution in [2.45, 2.75) is 38.3 Å². The van der Waals surface area contributed by atoms with Crippen molar-refractivity contribution in [1.29, 1.82) is 5.26 Å². The third-order valence-electron chi connectivity index (χ3n) is 7.61. The molecule has 2 amide bonds. The fourth-order valence-electron chi connectivity index (χ4n) is 5.67. The standard InChI is InChI=1S/C31H27N3O5S/c1-18-15-16-40-28(18)25-24(27(35)23-14-9-19(2)39-23)26(21-12-10-20(17-32)11-13-21)34(31(25,3)29(36)37)30(38)33-22-7-5-4-6-8-22/h4-16,24-26H,1-3H3,(H,33,38)(H,36,37). The molecule has 0 bridgehead atoms. The van der Waals surface area contributed by atoms with E-state index in [0.717, 1.165) is 5.56 Å². The van der Waals surface area contributed by atoms with Gasteiger partial charge in [-0.3, -0.25) is 9.69 Å². The Balaban J connectivity index is 1.77. The number of urea groups is 1. The molecule has 40 heavy (non-hydrogen) atoms. The van der Waals surface area contributed by atoms with Crippen LogP contribution in [-0.4, -0.2) is 33.3 Å². The van der Waals surface area contributed by atoms with Gasteiger partial charge >= 0.3 is 12.0 Å². The van der Waals surface area contributed by atoms with Gasteiger partial charge in [0.15, 0.2) is 5.76 Å². The molecule has 9 heteroatoms. The van der Waals surface area contributed by atoms with Gasteiger partial charge in [0.2, 0.25) is 5.78 Å². The summed E-state index contributed by atoms with van der Waals surface area (Å²) >= 11 is 1.36. The highest BCUT2D eigenvalue weighted by Crippen LogP contribution is 2.58. The number of furan rings is 1. The first-order valence-electron chi connectivity index (χ1n) is 12.7. The van der Waals surface area contributed by atoms with Gasteiger partial charge in [-0.2, -0.15) is 5.26 Å². The van der Waals surface area contributed by atoms with Crippen molar-refractivity contribution < 1.29 is 23.9 Å². The number of anilines is 1. The first-order valence-corrected chi connectivity index (χ1v) is 13.6. The molecule has 4 aromatic rings. The van der Waals surface area contributed by atoms with Crippen LogP contribution in [0.15, 0.2) is 82.6 Å². The molecule has 2 aromatic carbocycles. The lowest BCUT2D eigenvalue weighted by molar-refractivity contribution is -0.148. The Morgan fingerprint density at radius 1 is 1.02 bits per heavy atom. The molecule has 1 aliphatic rings. The van der Waals surface area contributed by atoms with Gasteiger partial charge in [-0.25, -0.2) is 9.59 Å². The van der Waals surface area contributed by atoms with Crippen LogP contribution in [0.1, 0.15) is 56.8 Å². The summed E-state index contributed by atoms with van der Waals surface area (Å²) in [6, 6.07) is 20.9. The zero-order chi connectivity index (χ0) is 28.6. The second kappa shape index (κ2) is 10.5. The van der Waals surface area contributed by atoms with Crippen LogP contribution in [0.4, 0.5) is 10.5 Å². The molecule has 1 fully saturated rings. The highest BCUT2D eigenvalue weighted by molar-refractivity contribution is 7.10. The van der Waals surface area contributed by atoms with Crippen LogP contribution in [0.3, 0.4) is 0 Å². The molecule has 1 aliphatic heterocycles. The molecule has 0 spiro atoms. The molecule has 2 aromatic heterocycles. The average molecular weight is 554 g/mol. The minimum Gasteiger partial charge on any atom is -0.479 e. The van der Waals surface area contributed by atoms with E-state index in [-0.39, 0.29) is 5.76 Å². The van der Waals surface area contributed by atoms with Crippen molar-refractivity contribution in [3.05, 3.63) is 111 Å². The zero-order valence-corrected chi connectivity index (χ0v) is 22.9. The van der Waals surface area contributed by atoms with Crippen LogP contribution >= 0.6 is 11.3 Å². The number of likely N-dealkylation sites (tertiary alicyclic amines) is 1. The summed E-state index contributed by atoms with van der Waals surface area (Å²) in [5, 5.41) is 24.9. The fraction of sp³-hybridized carbons (Fsp3) is 0.226. The number of hydrogen-bond donors (Lipinski definition) is 2. The maximum absolute atomic E-state index is 14.3. The number of benzene rings is 2. The Morgan fingerprint density at radius 3 is 2.27 bits per heavy atom. The number of nitriles is 1. The summed E-state index contributed by atoms with van der Waals surface area (Å²) in [4.78, 5) is 43.7. The number of carbonyl (C=O) groups excluding carboxylic acids is 2. The van der Waals surface area contributed by atoms with E-state index in [2.05, 4.69) is 11.4 Å². The van der Waals surface area contributed by atoms with Crippen molar-refractivity contribution in [3.63, 3.8) is 0 Å². The maximum Gasteiger partial charge on any atom is 0.330 e. The molecule has 3 heterocycles. The number of nitrogens with zero attached hydrogens (tertiary/aromatic N) is 2. The number of amides is 2. The molecule has 5 rings (SSSR count). The van der Waals surface area contributed by atoms with Crippen molar-refractivity contribution in [2.24, 2.45) is 5.92 Å². The number of carboxylic acids is 1. The summed E-state index contributed by atoms with van der Waals surface area (Å²) in [5.41, 5.74) is 0.430. The Hall–Kier alpha value is -4.68. The molecule has 0 radical (unpaired) electrons. The number of thiophene rings is 1. The molecular weight excluding hydrogens is 526 g/mol. The first-order chi connectivity index (χ1) is 19.2. The normalized spacial score (nSPS) is 22.1. The first kappa shape index (κ1) is 26.9. The molecule has 202 valence electrons. The topological polar surface area (TPSA) is 124 Å².